The molecule has 1 aliphatic heterocycles. The molecule has 0 amide bonds. The van der Waals surface area contributed by atoms with E-state index in [0.717, 1.165) is 0 Å². The molecular formula is C13H25N. The Morgan fingerprint density at radius 1 is 1.00 bits per heavy atom. The van der Waals surface area contributed by atoms with E-state index < -0.39 is 0 Å². The Kier molecular flexibility index (Phi) is 5.93. The van der Waals surface area contributed by atoms with Crippen LogP contribution in [0.25, 0.3) is 0 Å². The highest BCUT2D eigenvalue weighted by Gasteiger charge is 2.00. The number of nitrogens with zero attached hydrogens (tertiary/aromatic N) is 1. The van der Waals surface area contributed by atoms with E-state index in [4.69, 9.17) is 0 Å². The lowest BCUT2D eigenvalue weighted by Gasteiger charge is -2.17. The molecule has 0 saturated heterocycles. The van der Waals surface area contributed by atoms with Crippen LogP contribution in [0.5, 0.6) is 0 Å². The Morgan fingerprint density at radius 3 is 2.43 bits per heavy atom. The van der Waals surface area contributed by atoms with Crippen molar-refractivity contribution in [2.24, 2.45) is 0 Å². The number of likely N-dealkylation sites (N-methyl/N-ethyl adjacent to an activating group) is 1. The maximum atomic E-state index is 2.45. The number of allylic oxidation sites excluding steroid dienone is 1. The van der Waals surface area contributed by atoms with E-state index in [9.17, 15) is 0 Å². The normalized spacial score (nSPS) is 23.4. The zero-order valence-electron chi connectivity index (χ0n) is 9.89. The molecule has 0 aromatic carbocycles. The molecule has 1 aliphatic rings. The summed E-state index contributed by atoms with van der Waals surface area (Å²) in [4.78, 5) is 2.45. The highest BCUT2D eigenvalue weighted by Crippen LogP contribution is 2.11. The molecule has 1 heterocycles. The summed E-state index contributed by atoms with van der Waals surface area (Å²) in [6.07, 6.45) is 12.2. The van der Waals surface area contributed by atoms with E-state index in [0.29, 0.717) is 0 Å². The number of hydrogen-bond donors (Lipinski definition) is 0. The topological polar surface area (TPSA) is 3.24 Å². The summed E-state index contributed by atoms with van der Waals surface area (Å²) in [5, 5.41) is 0. The van der Waals surface area contributed by atoms with E-state index in [2.05, 4.69) is 24.9 Å². The molecule has 0 unspecified atom stereocenters. The van der Waals surface area contributed by atoms with Crippen molar-refractivity contribution in [1.82, 2.24) is 4.90 Å². The van der Waals surface area contributed by atoms with Crippen LogP contribution in [0.3, 0.4) is 0 Å². The first-order chi connectivity index (χ1) is 6.79. The van der Waals surface area contributed by atoms with Crippen LogP contribution in [0, 0.1) is 0 Å². The quantitative estimate of drug-likeness (QED) is 0.534. The van der Waals surface area contributed by atoms with E-state index in [-0.39, 0.29) is 0 Å². The molecule has 0 fully saturated rings. The van der Waals surface area contributed by atoms with Crippen LogP contribution >= 0.6 is 0 Å². The predicted molar refractivity (Wildman–Crippen MR) is 63.6 cm³/mol. The molecule has 0 N–H and O–H groups in total. The average Bonchev–Trinajstić information content (AvgIpc) is 2.13. The molecule has 1 rings (SSSR count). The Labute approximate surface area is 89.2 Å². The second-order valence-corrected chi connectivity index (χ2v) is 4.70. The molecule has 0 radical (unpaired) electrons. The molecule has 82 valence electrons. The SMILES string of the molecule is CC1=CCCCCCCCCN(C)C1. The van der Waals surface area contributed by atoms with Gasteiger partial charge >= 0.3 is 0 Å². The standard InChI is InChI=1S/C13H25N/c1-13-10-8-6-4-3-5-7-9-11-14(2)12-13/h10H,3-9,11-12H2,1-2H3. The van der Waals surface area contributed by atoms with Gasteiger partial charge in [-0.15, -0.1) is 0 Å². The minimum absolute atomic E-state index is 1.17. The van der Waals surface area contributed by atoms with Gasteiger partial charge in [-0.3, -0.25) is 0 Å². The molecule has 0 aromatic rings. The third kappa shape index (κ3) is 5.43. The van der Waals surface area contributed by atoms with Crippen LogP contribution in [0.1, 0.15) is 51.9 Å². The molecule has 1 heteroatoms. The van der Waals surface area contributed by atoms with E-state index in [1.165, 1.54) is 58.0 Å². The highest BCUT2D eigenvalue weighted by molar-refractivity contribution is 5.00. The molecular weight excluding hydrogens is 170 g/mol. The predicted octanol–water partition coefficient (Wildman–Crippen LogP) is 3.61. The van der Waals surface area contributed by atoms with Gasteiger partial charge in [-0.05, 0) is 39.8 Å². The van der Waals surface area contributed by atoms with Crippen molar-refractivity contribution >= 4 is 0 Å². The zero-order valence-corrected chi connectivity index (χ0v) is 9.89. The summed E-state index contributed by atoms with van der Waals surface area (Å²) in [6, 6.07) is 0. The van der Waals surface area contributed by atoms with Gasteiger partial charge in [0.15, 0.2) is 0 Å². The van der Waals surface area contributed by atoms with Crippen molar-refractivity contribution in [2.45, 2.75) is 51.9 Å². The minimum Gasteiger partial charge on any atom is -0.302 e. The number of rotatable bonds is 0. The summed E-state index contributed by atoms with van der Waals surface area (Å²) in [5.74, 6) is 0. The van der Waals surface area contributed by atoms with Crippen molar-refractivity contribution in [3.8, 4) is 0 Å². The van der Waals surface area contributed by atoms with Gasteiger partial charge in [-0.2, -0.15) is 0 Å². The van der Waals surface area contributed by atoms with Crippen molar-refractivity contribution in [1.29, 1.82) is 0 Å². The highest BCUT2D eigenvalue weighted by atomic mass is 15.1. The molecule has 0 aromatic heterocycles. The van der Waals surface area contributed by atoms with E-state index in [1.54, 1.807) is 5.57 Å². The second kappa shape index (κ2) is 7.05. The summed E-state index contributed by atoms with van der Waals surface area (Å²) in [6.45, 7) is 4.70. The van der Waals surface area contributed by atoms with Gasteiger partial charge in [0.2, 0.25) is 0 Å². The van der Waals surface area contributed by atoms with E-state index in [1.807, 2.05) is 0 Å². The van der Waals surface area contributed by atoms with Crippen LogP contribution in [-0.4, -0.2) is 25.0 Å². The van der Waals surface area contributed by atoms with Gasteiger partial charge in [0.25, 0.3) is 0 Å². The Bertz CT molecular complexity index is 172. The summed E-state index contributed by atoms with van der Waals surface area (Å²) < 4.78 is 0. The van der Waals surface area contributed by atoms with Crippen molar-refractivity contribution in [3.63, 3.8) is 0 Å². The van der Waals surface area contributed by atoms with Crippen LogP contribution in [-0.2, 0) is 0 Å². The molecule has 0 saturated carbocycles. The van der Waals surface area contributed by atoms with Gasteiger partial charge < -0.3 is 4.90 Å². The fourth-order valence-electron chi connectivity index (χ4n) is 2.15. The maximum absolute atomic E-state index is 2.45. The third-order valence-electron chi connectivity index (χ3n) is 3.01. The van der Waals surface area contributed by atoms with Gasteiger partial charge in [0, 0.05) is 6.54 Å². The molecule has 1 nitrogen and oxygen atoms in total. The van der Waals surface area contributed by atoms with Gasteiger partial charge in [-0.1, -0.05) is 37.3 Å². The second-order valence-electron chi connectivity index (χ2n) is 4.70. The van der Waals surface area contributed by atoms with Crippen LogP contribution in [0.2, 0.25) is 0 Å². The molecule has 0 bridgehead atoms. The Morgan fingerprint density at radius 2 is 1.64 bits per heavy atom. The van der Waals surface area contributed by atoms with Gasteiger partial charge in [0.1, 0.15) is 0 Å². The smallest absolute Gasteiger partial charge is 0.0187 e. The summed E-state index contributed by atoms with van der Waals surface area (Å²) in [7, 11) is 2.24. The molecule has 0 aliphatic carbocycles. The maximum Gasteiger partial charge on any atom is 0.0187 e. The fourth-order valence-corrected chi connectivity index (χ4v) is 2.15. The summed E-state index contributed by atoms with van der Waals surface area (Å²) >= 11 is 0. The number of hydrogen-bond acceptors (Lipinski definition) is 1. The summed E-state index contributed by atoms with van der Waals surface area (Å²) in [5.41, 5.74) is 1.55. The molecule has 0 atom stereocenters. The lowest BCUT2D eigenvalue weighted by molar-refractivity contribution is 0.347. The average molecular weight is 195 g/mol. The molecule has 0 spiro atoms. The van der Waals surface area contributed by atoms with Crippen molar-refractivity contribution in [2.75, 3.05) is 20.1 Å². The Balaban J connectivity index is 2.35. The lowest BCUT2D eigenvalue weighted by Crippen LogP contribution is -2.21. The first-order valence-corrected chi connectivity index (χ1v) is 6.13. The van der Waals surface area contributed by atoms with Crippen LogP contribution < -0.4 is 0 Å². The Hall–Kier alpha value is -0.300. The van der Waals surface area contributed by atoms with Gasteiger partial charge in [-0.25, -0.2) is 0 Å². The molecule has 14 heavy (non-hydrogen) atoms. The van der Waals surface area contributed by atoms with Crippen LogP contribution in [0.4, 0.5) is 0 Å². The van der Waals surface area contributed by atoms with Crippen molar-refractivity contribution < 1.29 is 0 Å². The van der Waals surface area contributed by atoms with Crippen molar-refractivity contribution in [3.05, 3.63) is 11.6 Å². The fraction of sp³-hybridized carbons (Fsp3) is 0.846. The minimum atomic E-state index is 1.17. The van der Waals surface area contributed by atoms with Gasteiger partial charge in [0.05, 0.1) is 0 Å². The zero-order chi connectivity index (χ0) is 10.2. The first-order valence-electron chi connectivity index (χ1n) is 6.13. The monoisotopic (exact) mass is 195 g/mol. The lowest BCUT2D eigenvalue weighted by atomic mass is 10.1. The third-order valence-corrected chi connectivity index (χ3v) is 3.01. The van der Waals surface area contributed by atoms with Crippen LogP contribution in [0.15, 0.2) is 11.6 Å². The van der Waals surface area contributed by atoms with E-state index >= 15 is 0 Å². The first kappa shape index (κ1) is 11.8. The largest absolute Gasteiger partial charge is 0.302 e.